The molecule has 96 valence electrons. The lowest BCUT2D eigenvalue weighted by Crippen LogP contribution is -2.23. The Morgan fingerprint density at radius 1 is 1.18 bits per heavy atom. The molecule has 17 heavy (non-hydrogen) atoms. The Balaban J connectivity index is 3.30. The second kappa shape index (κ2) is 4.54. The molecule has 0 aliphatic carbocycles. The van der Waals surface area contributed by atoms with Crippen LogP contribution in [0, 0.1) is 0 Å². The van der Waals surface area contributed by atoms with Gasteiger partial charge in [0.15, 0.2) is 0 Å². The van der Waals surface area contributed by atoms with E-state index in [2.05, 4.69) is 4.98 Å². The van der Waals surface area contributed by atoms with Gasteiger partial charge in [-0.3, -0.25) is 4.98 Å². The number of hydrogen-bond donors (Lipinski definition) is 0. The summed E-state index contributed by atoms with van der Waals surface area (Å²) in [5.41, 5.74) is -2.10. The van der Waals surface area contributed by atoms with Gasteiger partial charge in [0.2, 0.25) is 0 Å². The molecular formula is C10H9F6N. The first kappa shape index (κ1) is 13.8. The van der Waals surface area contributed by atoms with Crippen LogP contribution in [0.25, 0.3) is 0 Å². The molecule has 1 atom stereocenters. The minimum atomic E-state index is -4.81. The van der Waals surface area contributed by atoms with Crippen LogP contribution in [0.3, 0.4) is 0 Å². The van der Waals surface area contributed by atoms with Crippen LogP contribution < -0.4 is 0 Å². The van der Waals surface area contributed by atoms with Crippen molar-refractivity contribution >= 4 is 0 Å². The SMILES string of the molecule is CC[C@H](c1cnccc1C(F)(F)F)C(F)(F)F. The van der Waals surface area contributed by atoms with Crippen LogP contribution in [0.5, 0.6) is 0 Å². The fourth-order valence-corrected chi connectivity index (χ4v) is 1.57. The van der Waals surface area contributed by atoms with Crippen LogP contribution in [-0.4, -0.2) is 11.2 Å². The standard InChI is InChI=1S/C10H9F6N/c1-2-7(9(11,12)13)6-5-17-4-3-8(6)10(14,15)16/h3-5,7H,2H2,1H3/t7-/m1/s1. The maximum atomic E-state index is 12.6. The lowest BCUT2D eigenvalue weighted by molar-refractivity contribution is -0.157. The summed E-state index contributed by atoms with van der Waals surface area (Å²) >= 11 is 0. The highest BCUT2D eigenvalue weighted by molar-refractivity contribution is 5.30. The normalized spacial score (nSPS) is 14.8. The topological polar surface area (TPSA) is 12.9 Å². The van der Waals surface area contributed by atoms with E-state index in [9.17, 15) is 26.3 Å². The lowest BCUT2D eigenvalue weighted by atomic mass is 9.93. The predicted octanol–water partition coefficient (Wildman–Crippen LogP) is 4.16. The Labute approximate surface area is 93.5 Å². The molecule has 1 aromatic heterocycles. The van der Waals surface area contributed by atoms with Gasteiger partial charge in [0.05, 0.1) is 11.5 Å². The number of alkyl halides is 6. The summed E-state index contributed by atoms with van der Waals surface area (Å²) < 4.78 is 75.4. The van der Waals surface area contributed by atoms with Gasteiger partial charge in [-0.15, -0.1) is 0 Å². The second-order valence-corrected chi connectivity index (χ2v) is 3.46. The number of pyridine rings is 1. The molecular weight excluding hydrogens is 248 g/mol. The lowest BCUT2D eigenvalue weighted by Gasteiger charge is -2.22. The van der Waals surface area contributed by atoms with Crippen molar-refractivity contribution in [1.29, 1.82) is 0 Å². The molecule has 7 heteroatoms. The number of halogens is 6. The smallest absolute Gasteiger partial charge is 0.264 e. The van der Waals surface area contributed by atoms with E-state index in [1.54, 1.807) is 0 Å². The molecule has 0 spiro atoms. The van der Waals surface area contributed by atoms with E-state index in [1.165, 1.54) is 6.92 Å². The molecule has 1 heterocycles. The molecule has 0 unspecified atom stereocenters. The number of nitrogens with zero attached hydrogens (tertiary/aromatic N) is 1. The molecule has 1 rings (SSSR count). The van der Waals surface area contributed by atoms with Crippen molar-refractivity contribution in [3.8, 4) is 0 Å². The quantitative estimate of drug-likeness (QED) is 0.725. The summed E-state index contributed by atoms with van der Waals surface area (Å²) in [6, 6.07) is 0.559. The largest absolute Gasteiger partial charge is 0.416 e. The Morgan fingerprint density at radius 3 is 2.18 bits per heavy atom. The van der Waals surface area contributed by atoms with Crippen LogP contribution in [0.15, 0.2) is 18.5 Å². The summed E-state index contributed by atoms with van der Waals surface area (Å²) in [6.45, 7) is 1.19. The van der Waals surface area contributed by atoms with Crippen molar-refractivity contribution in [3.63, 3.8) is 0 Å². The van der Waals surface area contributed by atoms with Gasteiger partial charge in [-0.1, -0.05) is 6.92 Å². The predicted molar refractivity (Wildman–Crippen MR) is 48.3 cm³/mol. The summed E-state index contributed by atoms with van der Waals surface area (Å²) in [5, 5.41) is 0. The van der Waals surface area contributed by atoms with Crippen molar-refractivity contribution in [1.82, 2.24) is 4.98 Å². The molecule has 0 aliphatic heterocycles. The molecule has 0 bridgehead atoms. The second-order valence-electron chi connectivity index (χ2n) is 3.46. The molecule has 1 nitrogen and oxygen atoms in total. The van der Waals surface area contributed by atoms with Gasteiger partial charge in [-0.25, -0.2) is 0 Å². The van der Waals surface area contributed by atoms with E-state index in [0.717, 1.165) is 6.20 Å². The highest BCUT2D eigenvalue weighted by Gasteiger charge is 2.44. The van der Waals surface area contributed by atoms with Gasteiger partial charge < -0.3 is 0 Å². The van der Waals surface area contributed by atoms with E-state index < -0.39 is 35.8 Å². The third kappa shape index (κ3) is 3.10. The van der Waals surface area contributed by atoms with Crippen molar-refractivity contribution < 1.29 is 26.3 Å². The first-order valence-electron chi connectivity index (χ1n) is 4.75. The van der Waals surface area contributed by atoms with Gasteiger partial charge in [-0.05, 0) is 18.1 Å². The minimum absolute atomic E-state index is 0.460. The van der Waals surface area contributed by atoms with Crippen LogP contribution in [0.2, 0.25) is 0 Å². The molecule has 0 radical (unpaired) electrons. The van der Waals surface area contributed by atoms with E-state index in [0.29, 0.717) is 12.3 Å². The Bertz CT molecular complexity index is 381. The van der Waals surface area contributed by atoms with Gasteiger partial charge in [0.25, 0.3) is 0 Å². The Hall–Kier alpha value is -1.27. The molecule has 0 N–H and O–H groups in total. The molecule has 0 amide bonds. The Kier molecular flexibility index (Phi) is 3.68. The number of hydrogen-bond acceptors (Lipinski definition) is 1. The van der Waals surface area contributed by atoms with Crippen molar-refractivity contribution in [2.45, 2.75) is 31.6 Å². The minimum Gasteiger partial charge on any atom is -0.264 e. The third-order valence-corrected chi connectivity index (χ3v) is 2.34. The number of aromatic nitrogens is 1. The average molecular weight is 257 g/mol. The molecule has 0 aliphatic rings. The zero-order chi connectivity index (χ0) is 13.3. The highest BCUT2D eigenvalue weighted by atomic mass is 19.4. The zero-order valence-electron chi connectivity index (χ0n) is 8.73. The summed E-state index contributed by atoms with van der Waals surface area (Å²) in [6.07, 6.45) is -8.52. The van der Waals surface area contributed by atoms with Gasteiger partial charge >= 0.3 is 12.4 Å². The summed E-state index contributed by atoms with van der Waals surface area (Å²) in [5.74, 6) is -2.15. The summed E-state index contributed by atoms with van der Waals surface area (Å²) in [4.78, 5) is 3.34. The van der Waals surface area contributed by atoms with Gasteiger partial charge in [0, 0.05) is 12.4 Å². The van der Waals surface area contributed by atoms with E-state index in [1.807, 2.05) is 0 Å². The fourth-order valence-electron chi connectivity index (χ4n) is 1.57. The van der Waals surface area contributed by atoms with Crippen molar-refractivity contribution in [2.75, 3.05) is 0 Å². The van der Waals surface area contributed by atoms with Crippen molar-refractivity contribution in [2.24, 2.45) is 0 Å². The number of rotatable bonds is 2. The highest BCUT2D eigenvalue weighted by Crippen LogP contribution is 2.42. The molecule has 0 fully saturated rings. The summed E-state index contributed by atoms with van der Waals surface area (Å²) in [7, 11) is 0. The third-order valence-electron chi connectivity index (χ3n) is 2.34. The van der Waals surface area contributed by atoms with Gasteiger partial charge in [0.1, 0.15) is 0 Å². The van der Waals surface area contributed by atoms with Gasteiger partial charge in [-0.2, -0.15) is 26.3 Å². The molecule has 0 aromatic carbocycles. The van der Waals surface area contributed by atoms with Crippen LogP contribution in [0.4, 0.5) is 26.3 Å². The van der Waals surface area contributed by atoms with Crippen LogP contribution in [0.1, 0.15) is 30.4 Å². The first-order chi connectivity index (χ1) is 7.68. The zero-order valence-corrected chi connectivity index (χ0v) is 8.73. The fraction of sp³-hybridized carbons (Fsp3) is 0.500. The van der Waals surface area contributed by atoms with E-state index >= 15 is 0 Å². The van der Waals surface area contributed by atoms with E-state index in [4.69, 9.17) is 0 Å². The Morgan fingerprint density at radius 2 is 1.76 bits per heavy atom. The maximum Gasteiger partial charge on any atom is 0.416 e. The van der Waals surface area contributed by atoms with E-state index in [-0.39, 0.29) is 0 Å². The first-order valence-corrected chi connectivity index (χ1v) is 4.75. The van der Waals surface area contributed by atoms with Crippen LogP contribution >= 0.6 is 0 Å². The molecule has 0 saturated heterocycles. The van der Waals surface area contributed by atoms with Crippen LogP contribution in [-0.2, 0) is 6.18 Å². The molecule has 1 aromatic rings. The monoisotopic (exact) mass is 257 g/mol. The molecule has 0 saturated carbocycles. The maximum absolute atomic E-state index is 12.6. The van der Waals surface area contributed by atoms with Crippen molar-refractivity contribution in [3.05, 3.63) is 29.6 Å². The average Bonchev–Trinajstić information content (AvgIpc) is 2.15.